The van der Waals surface area contributed by atoms with Gasteiger partial charge in [-0.15, -0.1) is 0 Å². The number of alkyl carbamates (subject to hydrolysis) is 1. The van der Waals surface area contributed by atoms with Crippen molar-refractivity contribution in [3.05, 3.63) is 33.1 Å². The van der Waals surface area contributed by atoms with Crippen LogP contribution < -0.4 is 21.9 Å². The Balaban J connectivity index is 2.04. The first-order valence-corrected chi connectivity index (χ1v) is 10.1. The van der Waals surface area contributed by atoms with Crippen molar-refractivity contribution < 1.29 is 39.2 Å². The van der Waals surface area contributed by atoms with E-state index >= 15 is 0 Å². The number of hydrogen-bond donors (Lipinski definition) is 6. The number of carboxylic acids is 1. The lowest BCUT2D eigenvalue weighted by molar-refractivity contribution is -0.137. The summed E-state index contributed by atoms with van der Waals surface area (Å²) in [6.45, 7) is 4.53. The summed E-state index contributed by atoms with van der Waals surface area (Å²) in [4.78, 5) is 60.6. The van der Waals surface area contributed by atoms with Crippen molar-refractivity contribution in [2.75, 3.05) is 6.54 Å². The molecule has 1 saturated heterocycles. The number of nitrogens with zero attached hydrogens (tertiary/aromatic N) is 1. The number of hydrogen-bond acceptors (Lipinski definition) is 9. The molecule has 5 unspecified atom stereocenters. The fourth-order valence-corrected chi connectivity index (χ4v) is 3.07. The number of nitrogens with one attached hydrogen (secondary N) is 3. The van der Waals surface area contributed by atoms with Crippen molar-refractivity contribution in [1.29, 1.82) is 0 Å². The summed E-state index contributed by atoms with van der Waals surface area (Å²) < 4.78 is 11.5. The summed E-state index contributed by atoms with van der Waals surface area (Å²) in [7, 11) is 0. The summed E-state index contributed by atoms with van der Waals surface area (Å²) >= 11 is 0. The molecule has 14 nitrogen and oxygen atoms in total. The molecule has 14 heteroatoms. The van der Waals surface area contributed by atoms with Gasteiger partial charge in [-0.1, -0.05) is 0 Å². The number of aromatic amines is 1. The number of ether oxygens (including phenoxy) is 2. The normalized spacial score (nSPS) is 23.5. The van der Waals surface area contributed by atoms with Crippen LogP contribution in [0.1, 0.15) is 39.8 Å². The van der Waals surface area contributed by atoms with Crippen molar-refractivity contribution in [3.63, 3.8) is 0 Å². The number of carbonyl (C=O) groups is 3. The SMILES string of the molecule is CC(C)(C)OC(=O)NC(CCC(=O)O)C(=O)NCC1OC(n2ccc(=O)[nH]c2=O)C(O)C1O. The maximum atomic E-state index is 12.6. The minimum Gasteiger partial charge on any atom is -0.481 e. The van der Waals surface area contributed by atoms with Crippen LogP contribution in [0.4, 0.5) is 4.79 Å². The highest BCUT2D eigenvalue weighted by Crippen LogP contribution is 2.27. The zero-order valence-electron chi connectivity index (χ0n) is 18.3. The summed E-state index contributed by atoms with van der Waals surface area (Å²) in [5, 5.41) is 34.1. The molecule has 5 atom stereocenters. The molecule has 0 radical (unpaired) electrons. The molecule has 0 aliphatic carbocycles. The number of aromatic nitrogens is 2. The Labute approximate surface area is 187 Å². The van der Waals surface area contributed by atoms with E-state index in [1.54, 1.807) is 20.8 Å². The smallest absolute Gasteiger partial charge is 0.408 e. The van der Waals surface area contributed by atoms with Crippen molar-refractivity contribution >= 4 is 18.0 Å². The molecule has 6 N–H and O–H groups in total. The third kappa shape index (κ3) is 7.40. The van der Waals surface area contributed by atoms with Crippen molar-refractivity contribution in [3.8, 4) is 0 Å². The molecule has 2 amide bonds. The van der Waals surface area contributed by atoms with Crippen LogP contribution in [0.25, 0.3) is 0 Å². The third-order valence-electron chi connectivity index (χ3n) is 4.59. The number of H-pyrrole nitrogens is 1. The van der Waals surface area contributed by atoms with Gasteiger partial charge in [0.25, 0.3) is 5.56 Å². The van der Waals surface area contributed by atoms with Crippen LogP contribution in [0.3, 0.4) is 0 Å². The molecule has 0 saturated carbocycles. The second-order valence-corrected chi connectivity index (χ2v) is 8.44. The Bertz CT molecular complexity index is 982. The summed E-state index contributed by atoms with van der Waals surface area (Å²) in [6, 6.07) is -0.217. The maximum absolute atomic E-state index is 12.6. The largest absolute Gasteiger partial charge is 0.481 e. The molecular weight excluding hydrogens is 444 g/mol. The number of aliphatic hydroxyl groups excluding tert-OH is 2. The summed E-state index contributed by atoms with van der Waals surface area (Å²) in [5.41, 5.74) is -2.36. The van der Waals surface area contributed by atoms with Gasteiger partial charge in [-0.3, -0.25) is 23.9 Å². The molecular formula is C19H28N4O10. The van der Waals surface area contributed by atoms with Gasteiger partial charge in [0.15, 0.2) is 6.23 Å². The predicted octanol–water partition coefficient (Wildman–Crippen LogP) is -1.97. The Morgan fingerprint density at radius 2 is 1.91 bits per heavy atom. The Morgan fingerprint density at radius 1 is 1.24 bits per heavy atom. The highest BCUT2D eigenvalue weighted by atomic mass is 16.6. The van der Waals surface area contributed by atoms with E-state index < -0.39 is 71.8 Å². The maximum Gasteiger partial charge on any atom is 0.408 e. The van der Waals surface area contributed by atoms with Gasteiger partial charge in [-0.2, -0.15) is 0 Å². The van der Waals surface area contributed by atoms with Gasteiger partial charge in [0, 0.05) is 25.2 Å². The van der Waals surface area contributed by atoms with Gasteiger partial charge in [0.2, 0.25) is 5.91 Å². The van der Waals surface area contributed by atoms with Gasteiger partial charge < -0.3 is 35.4 Å². The number of carbonyl (C=O) groups excluding carboxylic acids is 2. The molecule has 1 aliphatic heterocycles. The van der Waals surface area contributed by atoms with Crippen LogP contribution in [0.2, 0.25) is 0 Å². The van der Waals surface area contributed by atoms with E-state index in [1.165, 1.54) is 0 Å². The van der Waals surface area contributed by atoms with Crippen LogP contribution in [0.5, 0.6) is 0 Å². The van der Waals surface area contributed by atoms with Gasteiger partial charge in [0.1, 0.15) is 30.0 Å². The molecule has 2 rings (SSSR count). The second-order valence-electron chi connectivity index (χ2n) is 8.44. The van der Waals surface area contributed by atoms with E-state index in [0.29, 0.717) is 0 Å². The minimum absolute atomic E-state index is 0.230. The average Bonchev–Trinajstić information content (AvgIpc) is 2.96. The van der Waals surface area contributed by atoms with Crippen molar-refractivity contribution in [1.82, 2.24) is 20.2 Å². The Kier molecular flexibility index (Phi) is 8.35. The minimum atomic E-state index is -1.54. The van der Waals surface area contributed by atoms with E-state index in [0.717, 1.165) is 16.8 Å². The first-order valence-electron chi connectivity index (χ1n) is 10.1. The standard InChI is InChI=1S/C19H28N4O10/c1-19(2,3)33-18(31)21-9(4-5-12(25)26)15(29)20-8-10-13(27)14(28)16(32-10)23-7-6-11(24)22-17(23)30/h6-7,9-10,13-14,16,27-28H,4-5,8H2,1-3H3,(H,20,29)(H,21,31)(H,25,26)(H,22,24,30). The average molecular weight is 472 g/mol. The van der Waals surface area contributed by atoms with Crippen LogP contribution in [-0.4, -0.2) is 79.3 Å². The molecule has 0 aromatic carbocycles. The topological polar surface area (TPSA) is 209 Å². The summed E-state index contributed by atoms with van der Waals surface area (Å²) in [5.74, 6) is -1.94. The Morgan fingerprint density at radius 3 is 2.48 bits per heavy atom. The number of aliphatic carboxylic acids is 1. The molecule has 1 aliphatic rings. The predicted molar refractivity (Wildman–Crippen MR) is 110 cm³/mol. The van der Waals surface area contributed by atoms with E-state index in [9.17, 15) is 34.2 Å². The molecule has 184 valence electrons. The van der Waals surface area contributed by atoms with Crippen molar-refractivity contribution in [2.45, 2.75) is 69.8 Å². The van der Waals surface area contributed by atoms with Gasteiger partial charge in [-0.05, 0) is 27.2 Å². The van der Waals surface area contributed by atoms with Gasteiger partial charge in [0.05, 0.1) is 0 Å². The highest BCUT2D eigenvalue weighted by molar-refractivity contribution is 5.86. The van der Waals surface area contributed by atoms with E-state index in [4.69, 9.17) is 14.6 Å². The highest BCUT2D eigenvalue weighted by Gasteiger charge is 2.44. The Hall–Kier alpha value is -3.23. The lowest BCUT2D eigenvalue weighted by Gasteiger charge is -2.23. The lowest BCUT2D eigenvalue weighted by atomic mass is 10.1. The lowest BCUT2D eigenvalue weighted by Crippen LogP contribution is -2.50. The van der Waals surface area contributed by atoms with Crippen LogP contribution in [0.15, 0.2) is 21.9 Å². The van der Waals surface area contributed by atoms with Crippen LogP contribution in [0, 0.1) is 0 Å². The van der Waals surface area contributed by atoms with E-state index in [-0.39, 0.29) is 13.0 Å². The number of amides is 2. The molecule has 33 heavy (non-hydrogen) atoms. The number of carboxylic acid groups (broad SMARTS) is 1. The fraction of sp³-hybridized carbons (Fsp3) is 0.632. The zero-order chi connectivity index (χ0) is 24.9. The quantitative estimate of drug-likeness (QED) is 0.246. The first-order chi connectivity index (χ1) is 15.3. The molecule has 0 bridgehead atoms. The third-order valence-corrected chi connectivity index (χ3v) is 4.59. The molecule has 1 aromatic rings. The molecule has 2 heterocycles. The van der Waals surface area contributed by atoms with Crippen LogP contribution >= 0.6 is 0 Å². The number of aliphatic hydroxyl groups is 2. The fourth-order valence-electron chi connectivity index (χ4n) is 3.07. The van der Waals surface area contributed by atoms with Crippen LogP contribution in [-0.2, 0) is 19.1 Å². The zero-order valence-corrected chi connectivity index (χ0v) is 18.3. The van der Waals surface area contributed by atoms with Gasteiger partial charge in [-0.25, -0.2) is 9.59 Å². The summed E-state index contributed by atoms with van der Waals surface area (Å²) in [6.07, 6.45) is -5.97. The first kappa shape index (κ1) is 26.0. The monoisotopic (exact) mass is 472 g/mol. The molecule has 1 fully saturated rings. The van der Waals surface area contributed by atoms with E-state index in [2.05, 4.69) is 10.6 Å². The van der Waals surface area contributed by atoms with Crippen molar-refractivity contribution in [2.24, 2.45) is 0 Å². The molecule has 1 aromatic heterocycles. The van der Waals surface area contributed by atoms with E-state index in [1.807, 2.05) is 4.98 Å². The second kappa shape index (κ2) is 10.6. The number of rotatable bonds is 8. The van der Waals surface area contributed by atoms with Gasteiger partial charge >= 0.3 is 17.8 Å². The molecule has 0 spiro atoms.